The molecule has 0 atom stereocenters. The predicted octanol–water partition coefficient (Wildman–Crippen LogP) is 4.77. The Morgan fingerprint density at radius 2 is 1.70 bits per heavy atom. The second-order valence-electron chi connectivity index (χ2n) is 6.92. The van der Waals surface area contributed by atoms with E-state index in [0.29, 0.717) is 5.56 Å². The van der Waals surface area contributed by atoms with Gasteiger partial charge in [-0.2, -0.15) is 0 Å². The van der Waals surface area contributed by atoms with Crippen molar-refractivity contribution < 1.29 is 4.79 Å². The van der Waals surface area contributed by atoms with Gasteiger partial charge in [-0.15, -0.1) is 12.8 Å². The third-order valence-corrected chi connectivity index (χ3v) is 4.32. The van der Waals surface area contributed by atoms with E-state index in [4.69, 9.17) is 0 Å². The first-order chi connectivity index (χ1) is 14.3. The van der Waals surface area contributed by atoms with Gasteiger partial charge < -0.3 is 21.3 Å². The third kappa shape index (κ3) is 9.19. The van der Waals surface area contributed by atoms with E-state index in [1.807, 2.05) is 45.0 Å². The van der Waals surface area contributed by atoms with Crippen molar-refractivity contribution in [2.24, 2.45) is 5.41 Å². The summed E-state index contributed by atoms with van der Waals surface area (Å²) in [6.07, 6.45) is 8.00. The summed E-state index contributed by atoms with van der Waals surface area (Å²) >= 11 is 0. The van der Waals surface area contributed by atoms with Crippen molar-refractivity contribution in [1.29, 1.82) is 0 Å². The maximum absolute atomic E-state index is 11.9. The normalized spacial score (nSPS) is 14.9. The van der Waals surface area contributed by atoms with Gasteiger partial charge in [-0.05, 0) is 32.1 Å². The molecule has 5 heteroatoms. The van der Waals surface area contributed by atoms with Gasteiger partial charge in [0, 0.05) is 36.0 Å². The van der Waals surface area contributed by atoms with Gasteiger partial charge in [0.25, 0.3) is 5.91 Å². The molecule has 168 valence electrons. The minimum Gasteiger partial charge on any atom is -0.384 e. The van der Waals surface area contributed by atoms with Crippen LogP contribution in [0.5, 0.6) is 0 Å². The zero-order chi connectivity index (χ0) is 23.7. The third-order valence-electron chi connectivity index (χ3n) is 4.32. The summed E-state index contributed by atoms with van der Waals surface area (Å²) in [4.78, 5) is 11.9. The number of carbonyl (C=O) groups excluding carboxylic acids is 1. The lowest BCUT2D eigenvalue weighted by molar-refractivity contribution is 0.0964. The zero-order valence-corrected chi connectivity index (χ0v) is 20.2. The molecule has 2 rings (SSSR count). The summed E-state index contributed by atoms with van der Waals surface area (Å²) in [6, 6.07) is 7.50. The summed E-state index contributed by atoms with van der Waals surface area (Å²) in [7, 11) is 1.64. The van der Waals surface area contributed by atoms with Crippen molar-refractivity contribution >= 4 is 11.6 Å². The van der Waals surface area contributed by atoms with Crippen LogP contribution in [0.2, 0.25) is 0 Å². The number of terminal acetylenes is 1. The van der Waals surface area contributed by atoms with E-state index >= 15 is 0 Å². The van der Waals surface area contributed by atoms with Gasteiger partial charge in [-0.1, -0.05) is 60.3 Å². The smallest absolute Gasteiger partial charge is 0.253 e. The SMILES string of the molecule is C#C.C=C1NCC(C)(C)/C1=C(/C)Nc1ccccc1C(=O)NC.CC.CCNCC. The van der Waals surface area contributed by atoms with E-state index in [9.17, 15) is 4.79 Å². The Morgan fingerprint density at radius 3 is 2.10 bits per heavy atom. The highest BCUT2D eigenvalue weighted by molar-refractivity contribution is 5.99. The molecule has 1 aromatic carbocycles. The van der Waals surface area contributed by atoms with Crippen molar-refractivity contribution in [3.05, 3.63) is 53.4 Å². The van der Waals surface area contributed by atoms with Crippen LogP contribution in [-0.4, -0.2) is 32.6 Å². The highest BCUT2D eigenvalue weighted by Gasteiger charge is 2.33. The van der Waals surface area contributed by atoms with E-state index < -0.39 is 0 Å². The molecular formula is C25H42N4O. The number of amides is 1. The largest absolute Gasteiger partial charge is 0.384 e. The maximum atomic E-state index is 11.9. The van der Waals surface area contributed by atoms with Gasteiger partial charge in [0.1, 0.15) is 0 Å². The van der Waals surface area contributed by atoms with Crippen LogP contribution in [0.15, 0.2) is 47.8 Å². The molecule has 30 heavy (non-hydrogen) atoms. The summed E-state index contributed by atoms with van der Waals surface area (Å²) in [5.41, 5.74) is 4.60. The lowest BCUT2D eigenvalue weighted by Crippen LogP contribution is -2.20. The van der Waals surface area contributed by atoms with Crippen LogP contribution in [0, 0.1) is 18.3 Å². The lowest BCUT2D eigenvalue weighted by atomic mass is 9.85. The minimum atomic E-state index is -0.0986. The lowest BCUT2D eigenvalue weighted by Gasteiger charge is -2.22. The highest BCUT2D eigenvalue weighted by Crippen LogP contribution is 2.37. The van der Waals surface area contributed by atoms with Crippen molar-refractivity contribution in [2.45, 2.75) is 48.5 Å². The van der Waals surface area contributed by atoms with E-state index in [1.165, 1.54) is 5.57 Å². The van der Waals surface area contributed by atoms with Crippen LogP contribution in [0.3, 0.4) is 0 Å². The van der Waals surface area contributed by atoms with Crippen molar-refractivity contribution in [3.63, 3.8) is 0 Å². The molecule has 0 bridgehead atoms. The van der Waals surface area contributed by atoms with Crippen LogP contribution in [0.4, 0.5) is 5.69 Å². The zero-order valence-electron chi connectivity index (χ0n) is 20.2. The fourth-order valence-corrected chi connectivity index (χ4v) is 3.09. The molecule has 4 N–H and O–H groups in total. The molecule has 1 heterocycles. The Balaban J connectivity index is 0. The second-order valence-corrected chi connectivity index (χ2v) is 6.92. The van der Waals surface area contributed by atoms with E-state index in [-0.39, 0.29) is 11.3 Å². The fraction of sp³-hybridized carbons (Fsp3) is 0.480. The number of allylic oxidation sites excluding steroid dienone is 2. The monoisotopic (exact) mass is 414 g/mol. The molecule has 0 spiro atoms. The summed E-state index contributed by atoms with van der Waals surface area (Å²) in [5.74, 6) is -0.0986. The molecule has 1 aromatic rings. The number of benzene rings is 1. The Labute approximate surface area is 184 Å². The summed E-state index contributed by atoms with van der Waals surface area (Å²) < 4.78 is 0. The summed E-state index contributed by atoms with van der Waals surface area (Å²) in [6.45, 7) is 21.7. The summed E-state index contributed by atoms with van der Waals surface area (Å²) in [5, 5.41) is 12.5. The van der Waals surface area contributed by atoms with Crippen molar-refractivity contribution in [2.75, 3.05) is 32.0 Å². The number of rotatable bonds is 5. The fourth-order valence-electron chi connectivity index (χ4n) is 3.09. The predicted molar refractivity (Wildman–Crippen MR) is 133 cm³/mol. The van der Waals surface area contributed by atoms with Crippen LogP contribution in [0.1, 0.15) is 58.8 Å². The van der Waals surface area contributed by atoms with E-state index in [0.717, 1.165) is 36.7 Å². The van der Waals surface area contributed by atoms with Crippen LogP contribution in [0.25, 0.3) is 0 Å². The molecule has 5 nitrogen and oxygen atoms in total. The Morgan fingerprint density at radius 1 is 1.17 bits per heavy atom. The first-order valence-electron chi connectivity index (χ1n) is 10.5. The Bertz CT molecular complexity index is 700. The van der Waals surface area contributed by atoms with E-state index in [2.05, 4.69) is 68.4 Å². The molecule has 0 aromatic heterocycles. The average molecular weight is 415 g/mol. The van der Waals surface area contributed by atoms with E-state index in [1.54, 1.807) is 7.05 Å². The molecule has 1 saturated heterocycles. The average Bonchev–Trinajstić information content (AvgIpc) is 3.04. The number of carbonyl (C=O) groups is 1. The maximum Gasteiger partial charge on any atom is 0.253 e. The molecular weight excluding hydrogens is 372 g/mol. The number of nitrogens with one attached hydrogen (secondary N) is 4. The van der Waals surface area contributed by atoms with Crippen LogP contribution < -0.4 is 21.3 Å². The minimum absolute atomic E-state index is 0.0239. The van der Waals surface area contributed by atoms with Gasteiger partial charge in [-0.25, -0.2) is 0 Å². The molecule has 1 aliphatic heterocycles. The van der Waals surface area contributed by atoms with Crippen molar-refractivity contribution in [3.8, 4) is 12.8 Å². The van der Waals surface area contributed by atoms with Gasteiger partial charge in [-0.3, -0.25) is 4.79 Å². The first kappa shape index (κ1) is 29.5. The second kappa shape index (κ2) is 16.1. The molecule has 1 aliphatic rings. The molecule has 1 amide bonds. The van der Waals surface area contributed by atoms with Crippen molar-refractivity contribution in [1.82, 2.24) is 16.0 Å². The highest BCUT2D eigenvalue weighted by atomic mass is 16.1. The number of hydrogen-bond acceptors (Lipinski definition) is 4. The topological polar surface area (TPSA) is 65.2 Å². The molecule has 1 fully saturated rings. The van der Waals surface area contributed by atoms with Gasteiger partial charge in [0.15, 0.2) is 0 Å². The van der Waals surface area contributed by atoms with Gasteiger partial charge >= 0.3 is 0 Å². The number of para-hydroxylation sites is 1. The molecule has 0 saturated carbocycles. The van der Waals surface area contributed by atoms with Gasteiger partial charge in [0.05, 0.1) is 11.3 Å². The molecule has 0 radical (unpaired) electrons. The number of anilines is 1. The standard InChI is InChI=1S/C17H23N3O.C4H11N.C2H6.C2H2/c1-11-15(17(3,4)10-19-11)12(2)20-14-9-7-6-8-13(14)16(21)18-5;1-3-5-4-2;2*1-2/h6-9,19-20H,1,10H2,2-5H3,(H,18,21);5H,3-4H2,1-2H3;1-2H3;1-2H/b15-12-;;;. The van der Waals surface area contributed by atoms with Crippen LogP contribution in [-0.2, 0) is 0 Å². The Hall–Kier alpha value is -2.71. The van der Waals surface area contributed by atoms with Crippen LogP contribution >= 0.6 is 0 Å². The molecule has 0 unspecified atom stereocenters. The van der Waals surface area contributed by atoms with Gasteiger partial charge in [0.2, 0.25) is 0 Å². The number of hydrogen-bond donors (Lipinski definition) is 4. The quantitative estimate of drug-likeness (QED) is 0.524. The Kier molecular flexibility index (Phi) is 15.9. The first-order valence-corrected chi connectivity index (χ1v) is 10.5. The molecule has 0 aliphatic carbocycles.